The van der Waals surface area contributed by atoms with Gasteiger partial charge in [0.2, 0.25) is 0 Å². The van der Waals surface area contributed by atoms with Crippen LogP contribution < -0.4 is 5.73 Å². The van der Waals surface area contributed by atoms with Gasteiger partial charge in [0.05, 0.1) is 5.56 Å². The zero-order valence-electron chi connectivity index (χ0n) is 11.7. The van der Waals surface area contributed by atoms with Crippen LogP contribution in [0, 0.1) is 11.7 Å². The molecule has 1 fully saturated rings. The number of halogens is 4. The van der Waals surface area contributed by atoms with Gasteiger partial charge in [-0.3, -0.25) is 0 Å². The zero-order chi connectivity index (χ0) is 15.5. The topological polar surface area (TPSA) is 26.0 Å². The van der Waals surface area contributed by atoms with E-state index in [9.17, 15) is 17.6 Å². The standard InChI is InChI=1S/C16H19F4N/c17-15-8-11(7-14(9-15)16(18,19)20)6-13(10-21)12-4-2-1-3-5-12/h6-9,12H,1-5,10,21H2/b13-6-. The van der Waals surface area contributed by atoms with Gasteiger partial charge in [-0.05, 0) is 42.5 Å². The van der Waals surface area contributed by atoms with Gasteiger partial charge < -0.3 is 5.73 Å². The zero-order valence-corrected chi connectivity index (χ0v) is 11.7. The van der Waals surface area contributed by atoms with Gasteiger partial charge in [-0.25, -0.2) is 4.39 Å². The molecule has 0 bridgehead atoms. The van der Waals surface area contributed by atoms with Crippen molar-refractivity contribution < 1.29 is 17.6 Å². The fourth-order valence-corrected chi connectivity index (χ4v) is 2.89. The number of hydrogen-bond acceptors (Lipinski definition) is 1. The molecule has 0 aliphatic heterocycles. The monoisotopic (exact) mass is 301 g/mol. The summed E-state index contributed by atoms with van der Waals surface area (Å²) in [6.45, 7) is 0.294. The highest BCUT2D eigenvalue weighted by atomic mass is 19.4. The lowest BCUT2D eigenvalue weighted by Crippen LogP contribution is -2.16. The molecule has 21 heavy (non-hydrogen) atoms. The summed E-state index contributed by atoms with van der Waals surface area (Å²) in [5, 5.41) is 0. The molecule has 1 aromatic carbocycles. The van der Waals surface area contributed by atoms with E-state index in [1.165, 1.54) is 6.42 Å². The highest BCUT2D eigenvalue weighted by molar-refractivity contribution is 5.55. The Labute approximate surface area is 121 Å². The largest absolute Gasteiger partial charge is 0.416 e. The molecule has 1 nitrogen and oxygen atoms in total. The number of nitrogens with two attached hydrogens (primary N) is 1. The fourth-order valence-electron chi connectivity index (χ4n) is 2.89. The van der Waals surface area contributed by atoms with Crippen molar-refractivity contribution in [2.45, 2.75) is 38.3 Å². The van der Waals surface area contributed by atoms with E-state index >= 15 is 0 Å². The lowest BCUT2D eigenvalue weighted by atomic mass is 9.83. The molecule has 0 amide bonds. The highest BCUT2D eigenvalue weighted by Gasteiger charge is 2.31. The molecule has 1 aromatic rings. The van der Waals surface area contributed by atoms with Gasteiger partial charge in [-0.1, -0.05) is 30.9 Å². The SMILES string of the molecule is NC/C(=C/c1cc(F)cc(C(F)(F)F)c1)C1CCCCC1. The van der Waals surface area contributed by atoms with Gasteiger partial charge in [-0.2, -0.15) is 13.2 Å². The Morgan fingerprint density at radius 2 is 1.81 bits per heavy atom. The second kappa shape index (κ2) is 6.60. The van der Waals surface area contributed by atoms with Crippen LogP contribution in [0.1, 0.15) is 43.2 Å². The second-order valence-electron chi connectivity index (χ2n) is 5.53. The number of rotatable bonds is 3. The molecule has 0 heterocycles. The van der Waals surface area contributed by atoms with Gasteiger partial charge in [0.1, 0.15) is 5.82 Å². The van der Waals surface area contributed by atoms with Crippen LogP contribution in [0.4, 0.5) is 17.6 Å². The van der Waals surface area contributed by atoms with Gasteiger partial charge in [0.25, 0.3) is 0 Å². The lowest BCUT2D eigenvalue weighted by Gasteiger charge is -2.24. The Bertz CT molecular complexity index is 513. The summed E-state index contributed by atoms with van der Waals surface area (Å²) in [6, 6.07) is 2.61. The molecule has 0 spiro atoms. The van der Waals surface area contributed by atoms with Crippen molar-refractivity contribution in [2.75, 3.05) is 6.54 Å². The Balaban J connectivity index is 2.31. The minimum absolute atomic E-state index is 0.230. The van der Waals surface area contributed by atoms with E-state index in [0.29, 0.717) is 18.5 Å². The van der Waals surface area contributed by atoms with Crippen molar-refractivity contribution in [3.8, 4) is 0 Å². The van der Waals surface area contributed by atoms with Crippen LogP contribution in [0.5, 0.6) is 0 Å². The predicted octanol–water partition coefficient (Wildman–Crippen LogP) is 4.77. The van der Waals surface area contributed by atoms with E-state index in [1.807, 2.05) is 0 Å². The highest BCUT2D eigenvalue weighted by Crippen LogP contribution is 2.33. The first kappa shape index (κ1) is 16.0. The van der Waals surface area contributed by atoms with Crippen molar-refractivity contribution in [1.82, 2.24) is 0 Å². The maximum atomic E-state index is 13.4. The third kappa shape index (κ3) is 4.30. The Morgan fingerprint density at radius 3 is 2.38 bits per heavy atom. The van der Waals surface area contributed by atoms with E-state index in [0.717, 1.165) is 43.4 Å². The van der Waals surface area contributed by atoms with Crippen LogP contribution in [0.15, 0.2) is 23.8 Å². The summed E-state index contributed by atoms with van der Waals surface area (Å²) in [4.78, 5) is 0. The smallest absolute Gasteiger partial charge is 0.327 e. The van der Waals surface area contributed by atoms with Gasteiger partial charge in [0.15, 0.2) is 0 Å². The van der Waals surface area contributed by atoms with Gasteiger partial charge in [0, 0.05) is 6.54 Å². The summed E-state index contributed by atoms with van der Waals surface area (Å²) in [6.07, 6.45) is 2.49. The van der Waals surface area contributed by atoms with E-state index < -0.39 is 17.6 Å². The van der Waals surface area contributed by atoms with Crippen molar-refractivity contribution >= 4 is 6.08 Å². The lowest BCUT2D eigenvalue weighted by molar-refractivity contribution is -0.137. The van der Waals surface area contributed by atoms with Crippen LogP contribution in [0.3, 0.4) is 0 Å². The molecule has 5 heteroatoms. The summed E-state index contributed by atoms with van der Waals surface area (Å²) in [5.74, 6) is -0.572. The number of benzene rings is 1. The molecular formula is C16H19F4N. The van der Waals surface area contributed by atoms with E-state index in [1.54, 1.807) is 6.08 Å². The first-order valence-electron chi connectivity index (χ1n) is 7.18. The van der Waals surface area contributed by atoms with Crippen LogP contribution in [0.25, 0.3) is 6.08 Å². The van der Waals surface area contributed by atoms with Crippen molar-refractivity contribution in [1.29, 1.82) is 0 Å². The molecule has 1 saturated carbocycles. The van der Waals surface area contributed by atoms with Crippen molar-refractivity contribution in [2.24, 2.45) is 11.7 Å². The average Bonchev–Trinajstić information content (AvgIpc) is 2.44. The van der Waals surface area contributed by atoms with E-state index in [4.69, 9.17) is 5.73 Å². The molecule has 0 radical (unpaired) electrons. The third-order valence-corrected chi connectivity index (χ3v) is 3.96. The summed E-state index contributed by atoms with van der Waals surface area (Å²) in [7, 11) is 0. The molecule has 116 valence electrons. The number of alkyl halides is 3. The fraction of sp³-hybridized carbons (Fsp3) is 0.500. The third-order valence-electron chi connectivity index (χ3n) is 3.96. The Morgan fingerprint density at radius 1 is 1.14 bits per heavy atom. The first-order valence-corrected chi connectivity index (χ1v) is 7.18. The molecule has 0 saturated heterocycles. The summed E-state index contributed by atoms with van der Waals surface area (Å²) in [5.41, 5.74) is 5.91. The van der Waals surface area contributed by atoms with Crippen LogP contribution in [0.2, 0.25) is 0 Å². The predicted molar refractivity (Wildman–Crippen MR) is 75.0 cm³/mol. The van der Waals surface area contributed by atoms with Crippen LogP contribution >= 0.6 is 0 Å². The number of hydrogen-bond donors (Lipinski definition) is 1. The van der Waals surface area contributed by atoms with Crippen molar-refractivity contribution in [3.05, 3.63) is 40.7 Å². The van der Waals surface area contributed by atoms with E-state index in [-0.39, 0.29) is 5.56 Å². The summed E-state index contributed by atoms with van der Waals surface area (Å²) >= 11 is 0. The first-order chi connectivity index (χ1) is 9.90. The van der Waals surface area contributed by atoms with E-state index in [2.05, 4.69) is 0 Å². The molecule has 0 unspecified atom stereocenters. The molecular weight excluding hydrogens is 282 g/mol. The maximum absolute atomic E-state index is 13.4. The summed E-state index contributed by atoms with van der Waals surface area (Å²) < 4.78 is 51.5. The molecule has 2 rings (SSSR count). The Hall–Kier alpha value is -1.36. The maximum Gasteiger partial charge on any atom is 0.416 e. The van der Waals surface area contributed by atoms with Crippen LogP contribution in [-0.4, -0.2) is 6.54 Å². The van der Waals surface area contributed by atoms with Crippen molar-refractivity contribution in [3.63, 3.8) is 0 Å². The molecule has 1 aliphatic carbocycles. The minimum atomic E-state index is -4.54. The molecule has 0 aromatic heterocycles. The minimum Gasteiger partial charge on any atom is -0.327 e. The molecule has 0 atom stereocenters. The van der Waals surface area contributed by atoms with Gasteiger partial charge >= 0.3 is 6.18 Å². The Kier molecular flexibility index (Phi) is 5.04. The molecule has 1 aliphatic rings. The van der Waals surface area contributed by atoms with Gasteiger partial charge in [-0.15, -0.1) is 0 Å². The average molecular weight is 301 g/mol. The molecule has 2 N–H and O–H groups in total. The van der Waals surface area contributed by atoms with Crippen LogP contribution in [-0.2, 0) is 6.18 Å². The quantitative estimate of drug-likeness (QED) is 0.800. The second-order valence-corrected chi connectivity index (χ2v) is 5.53. The normalized spacial score (nSPS) is 18.0.